The Kier molecular flexibility index (Phi) is 6.03. The van der Waals surface area contributed by atoms with Crippen LogP contribution >= 0.6 is 11.8 Å². The number of primary amides is 1. The van der Waals surface area contributed by atoms with E-state index in [0.717, 1.165) is 35.1 Å². The van der Waals surface area contributed by atoms with E-state index in [-0.39, 0.29) is 24.0 Å². The molecule has 3 aromatic rings. The van der Waals surface area contributed by atoms with Crippen LogP contribution in [0.1, 0.15) is 37.9 Å². The van der Waals surface area contributed by atoms with Crippen molar-refractivity contribution < 1.29 is 9.59 Å². The number of carbonyl (C=O) groups excluding carboxylic acids is 2. The fourth-order valence-electron chi connectivity index (χ4n) is 3.61. The predicted molar refractivity (Wildman–Crippen MR) is 119 cm³/mol. The molecule has 1 saturated carbocycles. The van der Waals surface area contributed by atoms with Crippen LogP contribution in [-0.4, -0.2) is 38.9 Å². The maximum Gasteiger partial charge on any atom is 0.237 e. The van der Waals surface area contributed by atoms with Crippen LogP contribution in [0.2, 0.25) is 0 Å². The van der Waals surface area contributed by atoms with E-state index in [4.69, 9.17) is 5.73 Å². The first-order chi connectivity index (χ1) is 14.6. The Balaban J connectivity index is 1.51. The van der Waals surface area contributed by atoms with E-state index >= 15 is 0 Å². The predicted octanol–water partition coefficient (Wildman–Crippen LogP) is 3.33. The molecule has 1 aliphatic rings. The van der Waals surface area contributed by atoms with Crippen molar-refractivity contribution in [3.8, 4) is 0 Å². The molecule has 2 N–H and O–H groups in total. The molecule has 156 valence electrons. The summed E-state index contributed by atoms with van der Waals surface area (Å²) in [6.07, 6.45) is 2.41. The topological polar surface area (TPSA) is 94.1 Å². The average molecular weight is 424 g/mol. The van der Waals surface area contributed by atoms with E-state index in [1.165, 1.54) is 11.8 Å². The van der Waals surface area contributed by atoms with E-state index in [0.29, 0.717) is 24.2 Å². The SMILES string of the molecule is CCN(C(=O)CSc1nnc(C2CC2)n1CCC(N)=O)c1cccc2ccccc12. The van der Waals surface area contributed by atoms with Crippen LogP contribution in [0.4, 0.5) is 5.69 Å². The number of hydrogen-bond donors (Lipinski definition) is 1. The average Bonchev–Trinajstić information content (AvgIpc) is 3.51. The fraction of sp³-hybridized carbons (Fsp3) is 0.364. The summed E-state index contributed by atoms with van der Waals surface area (Å²) < 4.78 is 1.95. The van der Waals surface area contributed by atoms with Gasteiger partial charge in [0.05, 0.1) is 11.4 Å². The molecule has 30 heavy (non-hydrogen) atoms. The number of amides is 2. The Morgan fingerprint density at radius 2 is 1.93 bits per heavy atom. The Hall–Kier alpha value is -2.87. The largest absolute Gasteiger partial charge is 0.370 e. The summed E-state index contributed by atoms with van der Waals surface area (Å²) in [6, 6.07) is 14.1. The summed E-state index contributed by atoms with van der Waals surface area (Å²) in [4.78, 5) is 26.2. The van der Waals surface area contributed by atoms with Crippen molar-refractivity contribution >= 4 is 40.0 Å². The minimum absolute atomic E-state index is 0.0104. The molecule has 0 unspecified atom stereocenters. The van der Waals surface area contributed by atoms with Crippen LogP contribution in [0.15, 0.2) is 47.6 Å². The second kappa shape index (κ2) is 8.87. The number of fused-ring (bicyclic) bond motifs is 1. The molecule has 0 saturated heterocycles. The monoisotopic (exact) mass is 423 g/mol. The molecule has 0 spiro atoms. The Bertz CT molecular complexity index is 1070. The highest BCUT2D eigenvalue weighted by Crippen LogP contribution is 2.40. The van der Waals surface area contributed by atoms with Gasteiger partial charge in [0, 0.05) is 30.8 Å². The molecular formula is C22H25N5O2S. The molecule has 4 rings (SSSR count). The van der Waals surface area contributed by atoms with Crippen molar-refractivity contribution in [2.75, 3.05) is 17.2 Å². The van der Waals surface area contributed by atoms with Gasteiger partial charge in [-0.25, -0.2) is 0 Å². The summed E-state index contributed by atoms with van der Waals surface area (Å²) in [5.41, 5.74) is 6.24. The molecule has 1 aromatic heterocycles. The lowest BCUT2D eigenvalue weighted by molar-refractivity contribution is -0.118. The summed E-state index contributed by atoms with van der Waals surface area (Å²) in [5, 5.41) is 11.4. The first-order valence-electron chi connectivity index (χ1n) is 10.2. The van der Waals surface area contributed by atoms with Gasteiger partial charge in [0.2, 0.25) is 11.8 Å². The van der Waals surface area contributed by atoms with Crippen LogP contribution in [0.5, 0.6) is 0 Å². The second-order valence-electron chi connectivity index (χ2n) is 7.41. The van der Waals surface area contributed by atoms with Crippen LogP contribution in [0.25, 0.3) is 10.8 Å². The van der Waals surface area contributed by atoms with E-state index in [9.17, 15) is 9.59 Å². The highest BCUT2D eigenvalue weighted by molar-refractivity contribution is 7.99. The van der Waals surface area contributed by atoms with Gasteiger partial charge in [0.25, 0.3) is 0 Å². The van der Waals surface area contributed by atoms with Gasteiger partial charge in [-0.2, -0.15) is 0 Å². The third kappa shape index (κ3) is 4.33. The first-order valence-corrected chi connectivity index (χ1v) is 11.2. The molecule has 0 radical (unpaired) electrons. The highest BCUT2D eigenvalue weighted by atomic mass is 32.2. The minimum Gasteiger partial charge on any atom is -0.370 e. The lowest BCUT2D eigenvalue weighted by Crippen LogP contribution is -2.32. The van der Waals surface area contributed by atoms with E-state index < -0.39 is 0 Å². The lowest BCUT2D eigenvalue weighted by atomic mass is 10.1. The number of hydrogen-bond acceptors (Lipinski definition) is 5. The summed E-state index contributed by atoms with van der Waals surface area (Å²) in [7, 11) is 0. The number of nitrogens with two attached hydrogens (primary N) is 1. The standard InChI is InChI=1S/C22H25N5O2S/c1-2-26(18-9-5-7-15-6-3-4-8-17(15)18)20(29)14-30-22-25-24-21(16-10-11-16)27(22)13-12-19(23)28/h3-9,16H,2,10-14H2,1H3,(H2,23,28). The molecule has 2 aromatic carbocycles. The normalized spacial score (nSPS) is 13.5. The van der Waals surface area contributed by atoms with Gasteiger partial charge >= 0.3 is 0 Å². The van der Waals surface area contributed by atoms with Crippen LogP contribution < -0.4 is 10.6 Å². The molecule has 7 nitrogen and oxygen atoms in total. The van der Waals surface area contributed by atoms with Crippen LogP contribution in [0.3, 0.4) is 0 Å². The molecule has 0 atom stereocenters. The van der Waals surface area contributed by atoms with Crippen molar-refractivity contribution in [1.29, 1.82) is 0 Å². The number of thioether (sulfide) groups is 1. The molecule has 1 aliphatic carbocycles. The highest BCUT2D eigenvalue weighted by Gasteiger charge is 2.30. The van der Waals surface area contributed by atoms with Crippen molar-refractivity contribution in [3.05, 3.63) is 48.3 Å². The zero-order valence-electron chi connectivity index (χ0n) is 17.0. The number of aromatic nitrogens is 3. The van der Waals surface area contributed by atoms with Gasteiger partial charge in [-0.1, -0.05) is 48.2 Å². The first kappa shape index (κ1) is 20.4. The van der Waals surface area contributed by atoms with Crippen molar-refractivity contribution in [3.63, 3.8) is 0 Å². The number of benzene rings is 2. The third-order valence-electron chi connectivity index (χ3n) is 5.27. The number of rotatable bonds is 9. The third-order valence-corrected chi connectivity index (χ3v) is 6.22. The zero-order valence-corrected chi connectivity index (χ0v) is 17.8. The summed E-state index contributed by atoms with van der Waals surface area (Å²) in [5.74, 6) is 1.20. The summed E-state index contributed by atoms with van der Waals surface area (Å²) >= 11 is 1.36. The van der Waals surface area contributed by atoms with Crippen LogP contribution in [-0.2, 0) is 16.1 Å². The molecule has 1 heterocycles. The molecular weight excluding hydrogens is 398 g/mol. The van der Waals surface area contributed by atoms with Gasteiger partial charge in [-0.05, 0) is 31.2 Å². The van der Waals surface area contributed by atoms with Crippen molar-refractivity contribution in [1.82, 2.24) is 14.8 Å². The van der Waals surface area contributed by atoms with Crippen LogP contribution in [0, 0.1) is 0 Å². The van der Waals surface area contributed by atoms with E-state index in [1.807, 2.05) is 54.0 Å². The molecule has 0 aliphatic heterocycles. The zero-order chi connectivity index (χ0) is 21.1. The van der Waals surface area contributed by atoms with Gasteiger partial charge < -0.3 is 15.2 Å². The minimum atomic E-state index is -0.356. The molecule has 0 bridgehead atoms. The van der Waals surface area contributed by atoms with Gasteiger partial charge in [-0.3, -0.25) is 9.59 Å². The lowest BCUT2D eigenvalue weighted by Gasteiger charge is -2.22. The van der Waals surface area contributed by atoms with Gasteiger partial charge in [0.1, 0.15) is 5.82 Å². The summed E-state index contributed by atoms with van der Waals surface area (Å²) in [6.45, 7) is 3.01. The maximum absolute atomic E-state index is 13.1. The van der Waals surface area contributed by atoms with Gasteiger partial charge in [-0.15, -0.1) is 10.2 Å². The Morgan fingerprint density at radius 3 is 2.67 bits per heavy atom. The quantitative estimate of drug-likeness (QED) is 0.533. The molecule has 1 fully saturated rings. The molecule has 2 amide bonds. The van der Waals surface area contributed by atoms with E-state index in [1.54, 1.807) is 4.90 Å². The second-order valence-corrected chi connectivity index (χ2v) is 8.35. The Labute approximate surface area is 179 Å². The number of nitrogens with zero attached hydrogens (tertiary/aromatic N) is 4. The molecule has 8 heteroatoms. The smallest absolute Gasteiger partial charge is 0.237 e. The fourth-order valence-corrected chi connectivity index (χ4v) is 4.46. The van der Waals surface area contributed by atoms with Crippen molar-refractivity contribution in [2.24, 2.45) is 5.73 Å². The maximum atomic E-state index is 13.1. The Morgan fingerprint density at radius 1 is 1.17 bits per heavy atom. The van der Waals surface area contributed by atoms with Gasteiger partial charge in [0.15, 0.2) is 5.16 Å². The van der Waals surface area contributed by atoms with E-state index in [2.05, 4.69) is 10.2 Å². The number of anilines is 1. The van der Waals surface area contributed by atoms with Crippen molar-refractivity contribution in [2.45, 2.75) is 43.8 Å². The number of carbonyl (C=O) groups is 2.